The molecule has 4 aromatic rings. The van der Waals surface area contributed by atoms with Gasteiger partial charge in [-0.2, -0.15) is 4.98 Å². The molecule has 0 unspecified atom stereocenters. The molecule has 0 radical (unpaired) electrons. The van der Waals surface area contributed by atoms with E-state index in [1.807, 2.05) is 37.4 Å². The van der Waals surface area contributed by atoms with Gasteiger partial charge in [-0.15, -0.1) is 0 Å². The van der Waals surface area contributed by atoms with E-state index in [0.717, 1.165) is 17.1 Å². The molecule has 31 heavy (non-hydrogen) atoms. The first-order valence-corrected chi connectivity index (χ1v) is 9.83. The molecule has 0 spiro atoms. The zero-order valence-electron chi connectivity index (χ0n) is 17.8. The van der Waals surface area contributed by atoms with E-state index in [1.54, 1.807) is 18.5 Å². The lowest BCUT2D eigenvalue weighted by Crippen LogP contribution is -2.25. The number of nitrogens with zero attached hydrogens (tertiary/aromatic N) is 5. The first-order chi connectivity index (χ1) is 14.9. The molecule has 4 N–H and O–H groups in total. The van der Waals surface area contributed by atoms with Crippen LogP contribution in [0.25, 0.3) is 16.6 Å². The van der Waals surface area contributed by atoms with Crippen molar-refractivity contribution >= 4 is 34.0 Å². The second-order valence-corrected chi connectivity index (χ2v) is 7.42. The van der Waals surface area contributed by atoms with Crippen molar-refractivity contribution in [3.63, 3.8) is 0 Å². The Labute approximate surface area is 178 Å². The van der Waals surface area contributed by atoms with Crippen LogP contribution in [0.3, 0.4) is 0 Å². The number of nitrogens with one attached hydrogen (secondary N) is 2. The Kier molecular flexibility index (Phi) is 5.38. The van der Waals surface area contributed by atoms with E-state index in [9.17, 15) is 4.79 Å². The number of methoxy groups -OCH3 is 1. The minimum absolute atomic E-state index is 0.0335. The largest absolute Gasteiger partial charge is 0.467 e. The number of anilines is 2. The van der Waals surface area contributed by atoms with E-state index < -0.39 is 0 Å². The van der Waals surface area contributed by atoms with Gasteiger partial charge in [0.1, 0.15) is 0 Å². The molecule has 160 valence electrons. The number of fused-ring (bicyclic) bond motifs is 2. The fourth-order valence-corrected chi connectivity index (χ4v) is 3.36. The summed E-state index contributed by atoms with van der Waals surface area (Å²) >= 11 is 0. The van der Waals surface area contributed by atoms with E-state index in [1.165, 1.54) is 7.11 Å². The summed E-state index contributed by atoms with van der Waals surface area (Å²) in [5.41, 5.74) is 9.83. The van der Waals surface area contributed by atoms with Crippen LogP contribution in [0, 0.1) is 13.8 Å². The first-order valence-electron chi connectivity index (χ1n) is 9.83. The second-order valence-electron chi connectivity index (χ2n) is 7.42. The highest BCUT2D eigenvalue weighted by atomic mass is 16.5. The number of benzene rings is 1. The van der Waals surface area contributed by atoms with Gasteiger partial charge in [-0.05, 0) is 32.9 Å². The van der Waals surface area contributed by atoms with Gasteiger partial charge in [-0.1, -0.05) is 0 Å². The number of imidazole rings is 1. The summed E-state index contributed by atoms with van der Waals surface area (Å²) in [6.45, 7) is 6.27. The van der Waals surface area contributed by atoms with Gasteiger partial charge in [-0.25, -0.2) is 9.97 Å². The molecule has 1 amide bonds. The normalized spacial score (nSPS) is 12.2. The van der Waals surface area contributed by atoms with Crippen LogP contribution >= 0.6 is 0 Å². The summed E-state index contributed by atoms with van der Waals surface area (Å²) in [4.78, 5) is 30.6. The summed E-state index contributed by atoms with van der Waals surface area (Å²) < 4.78 is 7.01. The Morgan fingerprint density at radius 3 is 2.77 bits per heavy atom. The van der Waals surface area contributed by atoms with Crippen LogP contribution in [-0.2, 0) is 0 Å². The van der Waals surface area contributed by atoms with Crippen molar-refractivity contribution in [2.45, 2.75) is 26.8 Å². The number of amides is 1. The maximum Gasteiger partial charge on any atom is 0.316 e. The number of hydrogen-bond acceptors (Lipinski definition) is 8. The molecule has 0 saturated heterocycles. The van der Waals surface area contributed by atoms with Gasteiger partial charge in [0.2, 0.25) is 0 Å². The highest BCUT2D eigenvalue weighted by Crippen LogP contribution is 2.27. The van der Waals surface area contributed by atoms with Crippen LogP contribution in [0.2, 0.25) is 0 Å². The molecular weight excluding hydrogens is 396 g/mol. The topological polar surface area (TPSA) is 132 Å². The number of aromatic nitrogens is 5. The molecule has 4 rings (SSSR count). The van der Waals surface area contributed by atoms with Crippen LogP contribution in [0.15, 0.2) is 30.7 Å². The molecule has 3 heterocycles. The molecular formula is C21H24N8O2. The Morgan fingerprint density at radius 1 is 1.23 bits per heavy atom. The van der Waals surface area contributed by atoms with Gasteiger partial charge < -0.3 is 25.5 Å². The zero-order valence-corrected chi connectivity index (χ0v) is 17.8. The molecule has 0 aliphatic heterocycles. The average Bonchev–Trinajstić information content (AvgIpc) is 3.13. The van der Waals surface area contributed by atoms with Crippen molar-refractivity contribution in [1.29, 1.82) is 0 Å². The summed E-state index contributed by atoms with van der Waals surface area (Å²) in [6, 6.07) is 3.67. The SMILES string of the molecule is COc1ncc2c(NC[C@@H](C)N)ccc(C(=O)Nc3cn4cc(C)nc(C)c4n3)c2n1. The molecule has 1 aromatic carbocycles. The summed E-state index contributed by atoms with van der Waals surface area (Å²) in [6.07, 6.45) is 5.24. The van der Waals surface area contributed by atoms with E-state index in [0.29, 0.717) is 34.5 Å². The predicted molar refractivity (Wildman–Crippen MR) is 119 cm³/mol. The number of nitrogens with two attached hydrogens (primary N) is 1. The maximum atomic E-state index is 13.1. The Hall–Kier alpha value is -3.79. The van der Waals surface area contributed by atoms with E-state index in [4.69, 9.17) is 10.5 Å². The lowest BCUT2D eigenvalue weighted by molar-refractivity contribution is 0.102. The third kappa shape index (κ3) is 4.10. The van der Waals surface area contributed by atoms with Crippen LogP contribution < -0.4 is 21.1 Å². The van der Waals surface area contributed by atoms with E-state index in [2.05, 4.69) is 30.6 Å². The monoisotopic (exact) mass is 420 g/mol. The predicted octanol–water partition coefficient (Wildman–Crippen LogP) is 2.31. The third-order valence-corrected chi connectivity index (χ3v) is 4.74. The van der Waals surface area contributed by atoms with Crippen molar-refractivity contribution in [1.82, 2.24) is 24.3 Å². The van der Waals surface area contributed by atoms with Crippen LogP contribution in [0.4, 0.5) is 11.5 Å². The van der Waals surface area contributed by atoms with Gasteiger partial charge in [0.15, 0.2) is 11.5 Å². The number of carbonyl (C=O) groups is 1. The Bertz CT molecular complexity index is 1280. The molecule has 3 aromatic heterocycles. The first kappa shape index (κ1) is 20.5. The summed E-state index contributed by atoms with van der Waals surface area (Å²) in [7, 11) is 1.48. The summed E-state index contributed by atoms with van der Waals surface area (Å²) in [5.74, 6) is 0.0871. The van der Waals surface area contributed by atoms with E-state index in [-0.39, 0.29) is 18.0 Å². The smallest absolute Gasteiger partial charge is 0.316 e. The highest BCUT2D eigenvalue weighted by Gasteiger charge is 2.17. The number of aryl methyl sites for hydroxylation is 2. The average molecular weight is 420 g/mol. The van der Waals surface area contributed by atoms with Crippen molar-refractivity contribution in [2.75, 3.05) is 24.3 Å². The lowest BCUT2D eigenvalue weighted by atomic mass is 10.1. The Morgan fingerprint density at radius 2 is 2.03 bits per heavy atom. The fourth-order valence-electron chi connectivity index (χ4n) is 3.36. The van der Waals surface area contributed by atoms with Crippen LogP contribution in [0.1, 0.15) is 28.7 Å². The zero-order chi connectivity index (χ0) is 22.1. The molecule has 10 nitrogen and oxygen atoms in total. The van der Waals surface area contributed by atoms with Crippen molar-refractivity contribution in [2.24, 2.45) is 5.73 Å². The molecule has 0 aliphatic rings. The standard InChI is InChI=1S/C21H24N8O2/c1-11(22)7-23-16-6-5-14(18-15(16)8-24-21(28-18)31-4)20(30)27-17-10-29-9-12(2)25-13(3)19(29)26-17/h5-6,8-11,23H,7,22H2,1-4H3,(H,27,30)/t11-/m1/s1. The maximum absolute atomic E-state index is 13.1. The molecule has 0 aliphatic carbocycles. The third-order valence-electron chi connectivity index (χ3n) is 4.74. The van der Waals surface area contributed by atoms with Crippen molar-refractivity contribution in [3.8, 4) is 6.01 Å². The van der Waals surface area contributed by atoms with Gasteiger partial charge >= 0.3 is 6.01 Å². The number of ether oxygens (including phenoxy) is 1. The molecule has 10 heteroatoms. The minimum Gasteiger partial charge on any atom is -0.467 e. The molecule has 0 bridgehead atoms. The van der Waals surface area contributed by atoms with E-state index >= 15 is 0 Å². The fraction of sp³-hybridized carbons (Fsp3) is 0.286. The van der Waals surface area contributed by atoms with Gasteiger partial charge in [0.05, 0.1) is 35.8 Å². The molecule has 1 atom stereocenters. The number of carbonyl (C=O) groups excluding carboxylic acids is 1. The lowest BCUT2D eigenvalue weighted by Gasteiger charge is -2.14. The van der Waals surface area contributed by atoms with Crippen molar-refractivity contribution in [3.05, 3.63) is 47.7 Å². The van der Waals surface area contributed by atoms with Gasteiger partial charge in [-0.3, -0.25) is 9.78 Å². The number of rotatable bonds is 6. The highest BCUT2D eigenvalue weighted by molar-refractivity contribution is 6.13. The van der Waals surface area contributed by atoms with Crippen LogP contribution in [-0.4, -0.2) is 49.9 Å². The van der Waals surface area contributed by atoms with Crippen molar-refractivity contribution < 1.29 is 9.53 Å². The quantitative estimate of drug-likeness (QED) is 0.433. The van der Waals surface area contributed by atoms with Gasteiger partial charge in [0.25, 0.3) is 5.91 Å². The van der Waals surface area contributed by atoms with Crippen LogP contribution in [0.5, 0.6) is 6.01 Å². The Balaban J connectivity index is 1.72. The van der Waals surface area contributed by atoms with Gasteiger partial charge in [0, 0.05) is 36.1 Å². The molecule has 0 saturated carbocycles. The second kappa shape index (κ2) is 8.15. The summed E-state index contributed by atoms with van der Waals surface area (Å²) in [5, 5.41) is 6.82. The molecule has 0 fully saturated rings. The number of hydrogen-bond donors (Lipinski definition) is 3. The minimum atomic E-state index is -0.338.